The van der Waals surface area contributed by atoms with Crippen molar-refractivity contribution in [2.75, 3.05) is 11.9 Å². The molecule has 0 bridgehead atoms. The molecule has 0 unspecified atom stereocenters. The van der Waals surface area contributed by atoms with Crippen molar-refractivity contribution in [1.82, 2.24) is 9.78 Å². The number of nitrogens with zero attached hydrogens (tertiary/aromatic N) is 2. The second-order valence-electron chi connectivity index (χ2n) is 4.10. The van der Waals surface area contributed by atoms with Gasteiger partial charge in [0.05, 0.1) is 6.10 Å². The van der Waals surface area contributed by atoms with Crippen LogP contribution in [-0.2, 0) is 16.6 Å². The van der Waals surface area contributed by atoms with Gasteiger partial charge in [-0.25, -0.2) is 0 Å². The van der Waals surface area contributed by atoms with Crippen molar-refractivity contribution in [1.29, 1.82) is 0 Å². The fourth-order valence-corrected chi connectivity index (χ4v) is 1.85. The van der Waals surface area contributed by atoms with Crippen LogP contribution in [-0.4, -0.2) is 28.4 Å². The summed E-state index contributed by atoms with van der Waals surface area (Å²) in [7, 11) is 1.82. The molecular formula is C11H17N3O2. The van der Waals surface area contributed by atoms with E-state index in [-0.39, 0.29) is 12.0 Å². The smallest absolute Gasteiger partial charge is 0.225 e. The number of anilines is 1. The third-order valence-electron chi connectivity index (χ3n) is 2.70. The van der Waals surface area contributed by atoms with Gasteiger partial charge >= 0.3 is 0 Å². The van der Waals surface area contributed by atoms with Gasteiger partial charge in [-0.05, 0) is 19.3 Å². The van der Waals surface area contributed by atoms with Gasteiger partial charge in [-0.1, -0.05) is 0 Å². The van der Waals surface area contributed by atoms with E-state index >= 15 is 0 Å². The number of hydrogen-bond acceptors (Lipinski definition) is 3. The Hall–Kier alpha value is -1.36. The number of ether oxygens (including phenoxy) is 1. The van der Waals surface area contributed by atoms with Crippen molar-refractivity contribution in [3.63, 3.8) is 0 Å². The van der Waals surface area contributed by atoms with Gasteiger partial charge < -0.3 is 10.1 Å². The van der Waals surface area contributed by atoms with E-state index in [1.165, 1.54) is 0 Å². The predicted octanol–water partition coefficient (Wildman–Crippen LogP) is 1.32. The fourth-order valence-electron chi connectivity index (χ4n) is 1.85. The SMILES string of the molecule is Cn1ccc(NC(=O)CC[C@@H]2CCCO2)n1. The monoisotopic (exact) mass is 223 g/mol. The molecule has 0 saturated carbocycles. The number of aromatic nitrogens is 2. The molecule has 1 aromatic heterocycles. The Morgan fingerprint density at radius 3 is 3.25 bits per heavy atom. The highest BCUT2D eigenvalue weighted by Crippen LogP contribution is 2.17. The fraction of sp³-hybridized carbons (Fsp3) is 0.636. The van der Waals surface area contributed by atoms with E-state index in [2.05, 4.69) is 10.4 Å². The molecule has 1 aliphatic rings. The van der Waals surface area contributed by atoms with Crippen molar-refractivity contribution >= 4 is 11.7 Å². The molecule has 2 rings (SSSR count). The van der Waals surface area contributed by atoms with E-state index in [9.17, 15) is 4.79 Å². The molecule has 1 fully saturated rings. The summed E-state index contributed by atoms with van der Waals surface area (Å²) in [4.78, 5) is 11.6. The van der Waals surface area contributed by atoms with Gasteiger partial charge in [0.25, 0.3) is 0 Å². The summed E-state index contributed by atoms with van der Waals surface area (Å²) < 4.78 is 7.12. The van der Waals surface area contributed by atoms with Gasteiger partial charge in [0.1, 0.15) is 0 Å². The third kappa shape index (κ3) is 3.06. The molecule has 5 nitrogen and oxygen atoms in total. The Labute approximate surface area is 94.8 Å². The van der Waals surface area contributed by atoms with E-state index < -0.39 is 0 Å². The van der Waals surface area contributed by atoms with Crippen molar-refractivity contribution in [2.45, 2.75) is 31.8 Å². The lowest BCUT2D eigenvalue weighted by molar-refractivity contribution is -0.116. The highest BCUT2D eigenvalue weighted by Gasteiger charge is 2.16. The summed E-state index contributed by atoms with van der Waals surface area (Å²) in [6.07, 6.45) is 5.58. The molecule has 16 heavy (non-hydrogen) atoms. The molecule has 0 spiro atoms. The minimum absolute atomic E-state index is 0.00852. The van der Waals surface area contributed by atoms with Crippen LogP contribution in [0.2, 0.25) is 0 Å². The zero-order chi connectivity index (χ0) is 11.4. The van der Waals surface area contributed by atoms with Crippen LogP contribution in [0.15, 0.2) is 12.3 Å². The van der Waals surface area contributed by atoms with Crippen LogP contribution in [0, 0.1) is 0 Å². The second kappa shape index (κ2) is 5.12. The number of carbonyl (C=O) groups excluding carboxylic acids is 1. The molecule has 0 aromatic carbocycles. The molecule has 1 saturated heterocycles. The molecule has 1 aromatic rings. The van der Waals surface area contributed by atoms with Crippen molar-refractivity contribution in [3.8, 4) is 0 Å². The lowest BCUT2D eigenvalue weighted by Crippen LogP contribution is -2.15. The van der Waals surface area contributed by atoms with E-state index in [1.807, 2.05) is 7.05 Å². The summed E-state index contributed by atoms with van der Waals surface area (Å²) in [5, 5.41) is 6.84. The molecule has 0 radical (unpaired) electrons. The average molecular weight is 223 g/mol. The Morgan fingerprint density at radius 1 is 1.75 bits per heavy atom. The lowest BCUT2D eigenvalue weighted by atomic mass is 10.1. The molecule has 88 valence electrons. The lowest BCUT2D eigenvalue weighted by Gasteiger charge is -2.08. The normalized spacial score (nSPS) is 19.9. The second-order valence-corrected chi connectivity index (χ2v) is 4.10. The minimum Gasteiger partial charge on any atom is -0.378 e. The van der Waals surface area contributed by atoms with Gasteiger partial charge in [-0.2, -0.15) is 5.10 Å². The average Bonchev–Trinajstić information content (AvgIpc) is 2.87. The van der Waals surface area contributed by atoms with Gasteiger partial charge in [0.15, 0.2) is 5.82 Å². The van der Waals surface area contributed by atoms with Crippen LogP contribution in [0.1, 0.15) is 25.7 Å². The standard InChI is InChI=1S/C11H17N3O2/c1-14-7-6-10(13-14)12-11(15)5-4-9-3-2-8-16-9/h6-7,9H,2-5,8H2,1H3,(H,12,13,15)/t9-/m0/s1. The van der Waals surface area contributed by atoms with Crippen molar-refractivity contribution < 1.29 is 9.53 Å². The summed E-state index contributed by atoms with van der Waals surface area (Å²) in [6.45, 7) is 0.840. The summed E-state index contributed by atoms with van der Waals surface area (Å²) >= 11 is 0. The maximum atomic E-state index is 11.6. The maximum absolute atomic E-state index is 11.6. The zero-order valence-electron chi connectivity index (χ0n) is 9.48. The van der Waals surface area contributed by atoms with Crippen LogP contribution in [0.25, 0.3) is 0 Å². The highest BCUT2D eigenvalue weighted by molar-refractivity contribution is 5.89. The first-order chi connectivity index (χ1) is 7.74. The molecule has 1 atom stereocenters. The number of rotatable bonds is 4. The minimum atomic E-state index is 0.00852. The molecular weight excluding hydrogens is 206 g/mol. The van der Waals surface area contributed by atoms with Crippen LogP contribution in [0.3, 0.4) is 0 Å². The molecule has 2 heterocycles. The molecule has 5 heteroatoms. The first-order valence-corrected chi connectivity index (χ1v) is 5.65. The Balaban J connectivity index is 1.71. The van der Waals surface area contributed by atoms with Crippen molar-refractivity contribution in [2.24, 2.45) is 7.05 Å². The Morgan fingerprint density at radius 2 is 2.62 bits per heavy atom. The van der Waals surface area contributed by atoms with Crippen LogP contribution < -0.4 is 5.32 Å². The number of hydrogen-bond donors (Lipinski definition) is 1. The topological polar surface area (TPSA) is 56.2 Å². The summed E-state index contributed by atoms with van der Waals surface area (Å²) in [5.74, 6) is 0.619. The Bertz CT molecular complexity index is 356. The van der Waals surface area contributed by atoms with Crippen LogP contribution in [0.5, 0.6) is 0 Å². The van der Waals surface area contributed by atoms with E-state index in [0.29, 0.717) is 12.2 Å². The van der Waals surface area contributed by atoms with E-state index in [0.717, 1.165) is 25.9 Å². The zero-order valence-corrected chi connectivity index (χ0v) is 9.48. The quantitative estimate of drug-likeness (QED) is 0.837. The summed E-state index contributed by atoms with van der Waals surface area (Å²) in [5.41, 5.74) is 0. The van der Waals surface area contributed by atoms with Gasteiger partial charge in [0.2, 0.25) is 5.91 Å². The van der Waals surface area contributed by atoms with Crippen LogP contribution in [0.4, 0.5) is 5.82 Å². The predicted molar refractivity (Wildman–Crippen MR) is 60.0 cm³/mol. The maximum Gasteiger partial charge on any atom is 0.225 e. The number of carbonyl (C=O) groups is 1. The largest absolute Gasteiger partial charge is 0.378 e. The molecule has 0 aliphatic carbocycles. The molecule has 1 aliphatic heterocycles. The molecule has 1 N–H and O–H groups in total. The number of aryl methyl sites for hydroxylation is 1. The van der Waals surface area contributed by atoms with Crippen LogP contribution >= 0.6 is 0 Å². The third-order valence-corrected chi connectivity index (χ3v) is 2.70. The first-order valence-electron chi connectivity index (χ1n) is 5.65. The number of amides is 1. The van der Waals surface area contributed by atoms with Gasteiger partial charge in [-0.3, -0.25) is 9.48 Å². The van der Waals surface area contributed by atoms with E-state index in [4.69, 9.17) is 4.74 Å². The molecule has 1 amide bonds. The first kappa shape index (κ1) is 11.1. The highest BCUT2D eigenvalue weighted by atomic mass is 16.5. The van der Waals surface area contributed by atoms with Gasteiger partial charge in [-0.15, -0.1) is 0 Å². The van der Waals surface area contributed by atoms with E-state index in [1.54, 1.807) is 16.9 Å². The Kier molecular flexibility index (Phi) is 3.56. The van der Waals surface area contributed by atoms with Gasteiger partial charge in [0, 0.05) is 32.3 Å². The van der Waals surface area contributed by atoms with Crippen molar-refractivity contribution in [3.05, 3.63) is 12.3 Å². The summed E-state index contributed by atoms with van der Waals surface area (Å²) in [6, 6.07) is 1.78. The number of nitrogens with one attached hydrogen (secondary N) is 1.